The van der Waals surface area contributed by atoms with Crippen LogP contribution < -0.4 is 5.32 Å². The predicted octanol–water partition coefficient (Wildman–Crippen LogP) is 3.91. The fraction of sp³-hybridized carbons (Fsp3) is 0.320. The summed E-state index contributed by atoms with van der Waals surface area (Å²) in [6.07, 6.45) is 5.46. The Morgan fingerprint density at radius 3 is 2.55 bits per heavy atom. The second-order valence-electron chi connectivity index (χ2n) is 8.56. The van der Waals surface area contributed by atoms with Gasteiger partial charge in [-0.2, -0.15) is 5.10 Å². The van der Waals surface area contributed by atoms with Crippen molar-refractivity contribution in [3.05, 3.63) is 75.8 Å². The minimum absolute atomic E-state index is 0.0715. The van der Waals surface area contributed by atoms with Gasteiger partial charge in [-0.15, -0.1) is 0 Å². The van der Waals surface area contributed by atoms with Gasteiger partial charge in [-0.25, -0.2) is 4.68 Å². The first kappa shape index (κ1) is 22.9. The van der Waals surface area contributed by atoms with Gasteiger partial charge in [-0.05, 0) is 73.7 Å². The van der Waals surface area contributed by atoms with E-state index in [1.54, 1.807) is 29.3 Å². The molecule has 2 unspecified atom stereocenters. The number of carbonyl (C=O) groups excluding carboxylic acids is 3. The minimum Gasteiger partial charge on any atom is -0.351 e. The van der Waals surface area contributed by atoms with E-state index in [0.717, 1.165) is 27.9 Å². The normalized spacial score (nSPS) is 18.1. The fourth-order valence-corrected chi connectivity index (χ4v) is 4.63. The maximum absolute atomic E-state index is 13.2. The van der Waals surface area contributed by atoms with Crippen molar-refractivity contribution in [3.8, 4) is 5.69 Å². The zero-order valence-corrected chi connectivity index (χ0v) is 19.5. The second-order valence-corrected chi connectivity index (χ2v) is 9.00. The summed E-state index contributed by atoms with van der Waals surface area (Å²) in [5, 5.41) is 7.56. The summed E-state index contributed by atoms with van der Waals surface area (Å²) in [6.45, 7) is 6.00. The van der Waals surface area contributed by atoms with Crippen LogP contribution in [0.2, 0.25) is 5.02 Å². The Morgan fingerprint density at radius 1 is 1.18 bits per heavy atom. The van der Waals surface area contributed by atoms with E-state index in [1.807, 2.05) is 39.0 Å². The third kappa shape index (κ3) is 4.73. The molecule has 1 N–H and O–H groups in total. The Bertz CT molecular complexity index is 1230. The predicted molar refractivity (Wildman–Crippen MR) is 125 cm³/mol. The third-order valence-corrected chi connectivity index (χ3v) is 6.26. The van der Waals surface area contributed by atoms with E-state index in [-0.39, 0.29) is 23.9 Å². The van der Waals surface area contributed by atoms with E-state index in [2.05, 4.69) is 15.4 Å². The molecule has 1 fully saturated rings. The standard InChI is InChI=1S/C25H25ClN4O3/c1-14-4-6-27-20(8-14)25(33)28-7-5-17-11-21(31)23(24(17)32)22-15(2)9-19(10-16(22)3)30-13-18(26)12-29-30/h4,6,8-10,12-13,17,23H,5,7,11H2,1-3H3,(H,28,33). The zero-order valence-electron chi connectivity index (χ0n) is 18.8. The van der Waals surface area contributed by atoms with Gasteiger partial charge < -0.3 is 5.32 Å². The van der Waals surface area contributed by atoms with Crippen molar-refractivity contribution in [1.29, 1.82) is 0 Å². The number of hydrogen-bond donors (Lipinski definition) is 1. The Labute approximate surface area is 197 Å². The zero-order chi connectivity index (χ0) is 23.7. The molecule has 0 saturated heterocycles. The lowest BCUT2D eigenvalue weighted by Gasteiger charge is -2.17. The molecule has 0 spiro atoms. The van der Waals surface area contributed by atoms with Gasteiger partial charge in [0.1, 0.15) is 17.4 Å². The number of aromatic nitrogens is 3. The van der Waals surface area contributed by atoms with E-state index in [9.17, 15) is 14.4 Å². The Balaban J connectivity index is 1.45. The number of benzene rings is 1. The van der Waals surface area contributed by atoms with Crippen LogP contribution in [0, 0.1) is 26.7 Å². The Morgan fingerprint density at radius 2 is 1.91 bits per heavy atom. The second kappa shape index (κ2) is 9.27. The number of rotatable bonds is 6. The quantitative estimate of drug-likeness (QED) is 0.558. The highest BCUT2D eigenvalue weighted by molar-refractivity contribution is 6.30. The number of ketones is 2. The number of halogens is 1. The van der Waals surface area contributed by atoms with Gasteiger partial charge in [0.05, 0.1) is 16.9 Å². The number of carbonyl (C=O) groups is 3. The Hall–Kier alpha value is -3.32. The molecule has 33 heavy (non-hydrogen) atoms. The van der Waals surface area contributed by atoms with Crippen molar-refractivity contribution >= 4 is 29.1 Å². The van der Waals surface area contributed by atoms with Crippen molar-refractivity contribution in [2.24, 2.45) is 5.92 Å². The molecule has 2 aromatic heterocycles. The van der Waals surface area contributed by atoms with Crippen molar-refractivity contribution in [1.82, 2.24) is 20.1 Å². The molecule has 8 heteroatoms. The lowest BCUT2D eigenvalue weighted by Crippen LogP contribution is -2.28. The van der Waals surface area contributed by atoms with Crippen LogP contribution in [0.3, 0.4) is 0 Å². The highest BCUT2D eigenvalue weighted by Crippen LogP contribution is 2.37. The molecule has 4 rings (SSSR count). The maximum Gasteiger partial charge on any atom is 0.269 e. The minimum atomic E-state index is -0.764. The van der Waals surface area contributed by atoms with Gasteiger partial charge in [0, 0.05) is 31.3 Å². The Kier molecular flexibility index (Phi) is 6.42. The van der Waals surface area contributed by atoms with Crippen LogP contribution >= 0.6 is 11.6 Å². The molecule has 2 heterocycles. The van der Waals surface area contributed by atoms with Crippen molar-refractivity contribution in [3.63, 3.8) is 0 Å². The molecule has 0 bridgehead atoms. The van der Waals surface area contributed by atoms with E-state index >= 15 is 0 Å². The van der Waals surface area contributed by atoms with E-state index in [4.69, 9.17) is 11.6 Å². The van der Waals surface area contributed by atoms with Crippen LogP contribution in [0.1, 0.15) is 51.5 Å². The van der Waals surface area contributed by atoms with Crippen LogP contribution in [-0.4, -0.2) is 38.8 Å². The highest BCUT2D eigenvalue weighted by Gasteiger charge is 2.42. The summed E-state index contributed by atoms with van der Waals surface area (Å²) in [5.41, 5.74) is 4.60. The van der Waals surface area contributed by atoms with Crippen LogP contribution in [0.25, 0.3) is 5.69 Å². The van der Waals surface area contributed by atoms with Crippen LogP contribution in [0.5, 0.6) is 0 Å². The van der Waals surface area contributed by atoms with Gasteiger partial charge in [0.15, 0.2) is 5.78 Å². The van der Waals surface area contributed by atoms with Gasteiger partial charge in [0.2, 0.25) is 0 Å². The van der Waals surface area contributed by atoms with E-state index < -0.39 is 11.8 Å². The summed E-state index contributed by atoms with van der Waals surface area (Å²) in [6, 6.07) is 7.35. The largest absolute Gasteiger partial charge is 0.351 e. The summed E-state index contributed by atoms with van der Waals surface area (Å²) in [5.74, 6) is -1.61. The van der Waals surface area contributed by atoms with Crippen LogP contribution in [0.4, 0.5) is 0 Å². The van der Waals surface area contributed by atoms with E-state index in [0.29, 0.717) is 23.7 Å². The fourth-order valence-electron chi connectivity index (χ4n) is 4.50. The first-order valence-corrected chi connectivity index (χ1v) is 11.2. The number of pyridine rings is 1. The molecule has 2 atom stereocenters. The molecule has 0 radical (unpaired) electrons. The monoisotopic (exact) mass is 464 g/mol. The van der Waals surface area contributed by atoms with Gasteiger partial charge in [-0.1, -0.05) is 11.6 Å². The van der Waals surface area contributed by atoms with Crippen molar-refractivity contribution in [2.75, 3.05) is 6.54 Å². The third-order valence-electron chi connectivity index (χ3n) is 6.07. The molecule has 170 valence electrons. The molecule has 0 aliphatic heterocycles. The molecular formula is C25H25ClN4O3. The van der Waals surface area contributed by atoms with Gasteiger partial charge >= 0.3 is 0 Å². The molecule has 1 amide bonds. The summed E-state index contributed by atoms with van der Waals surface area (Å²) in [7, 11) is 0. The SMILES string of the molecule is Cc1ccnc(C(=O)NCCC2CC(=O)C(c3c(C)cc(-n4cc(Cl)cn4)cc3C)C2=O)c1. The molecule has 3 aromatic rings. The number of aryl methyl sites for hydroxylation is 3. The lowest BCUT2D eigenvalue weighted by molar-refractivity contribution is -0.124. The maximum atomic E-state index is 13.2. The smallest absolute Gasteiger partial charge is 0.269 e. The number of Topliss-reactive ketones (excluding diaryl/α,β-unsaturated/α-hetero) is 2. The average Bonchev–Trinajstić information content (AvgIpc) is 3.31. The van der Waals surface area contributed by atoms with Crippen molar-refractivity contribution < 1.29 is 14.4 Å². The van der Waals surface area contributed by atoms with Crippen LogP contribution in [0.15, 0.2) is 42.9 Å². The molecular weight excluding hydrogens is 440 g/mol. The molecule has 1 saturated carbocycles. The van der Waals surface area contributed by atoms with Crippen molar-refractivity contribution in [2.45, 2.75) is 39.5 Å². The molecule has 1 aromatic carbocycles. The van der Waals surface area contributed by atoms with Crippen LogP contribution in [-0.2, 0) is 9.59 Å². The molecule has 1 aliphatic carbocycles. The van der Waals surface area contributed by atoms with Gasteiger partial charge in [-0.3, -0.25) is 19.4 Å². The summed E-state index contributed by atoms with van der Waals surface area (Å²) in [4.78, 5) is 42.4. The topological polar surface area (TPSA) is 93.9 Å². The average molecular weight is 465 g/mol. The first-order chi connectivity index (χ1) is 15.7. The first-order valence-electron chi connectivity index (χ1n) is 10.8. The number of nitrogens with zero attached hydrogens (tertiary/aromatic N) is 3. The lowest BCUT2D eigenvalue weighted by atomic mass is 9.87. The highest BCUT2D eigenvalue weighted by atomic mass is 35.5. The number of nitrogens with one attached hydrogen (secondary N) is 1. The summed E-state index contributed by atoms with van der Waals surface area (Å²) < 4.78 is 1.67. The summed E-state index contributed by atoms with van der Waals surface area (Å²) >= 11 is 5.98. The molecule has 7 nitrogen and oxygen atoms in total. The van der Waals surface area contributed by atoms with Gasteiger partial charge in [0.25, 0.3) is 5.91 Å². The number of amides is 1. The molecule has 1 aliphatic rings. The number of hydrogen-bond acceptors (Lipinski definition) is 5. The van der Waals surface area contributed by atoms with E-state index in [1.165, 1.54) is 0 Å².